The fraction of sp³-hybridized carbons (Fsp3) is 0.465. The van der Waals surface area contributed by atoms with E-state index in [4.69, 9.17) is 16.3 Å². The molecule has 12 heteroatoms. The van der Waals surface area contributed by atoms with Gasteiger partial charge in [-0.3, -0.25) is 14.4 Å². The summed E-state index contributed by atoms with van der Waals surface area (Å²) in [5.41, 5.74) is 2.70. The number of aromatic hydroxyl groups is 1. The third-order valence-corrected chi connectivity index (χ3v) is 12.8. The maximum Gasteiger partial charge on any atom is 0.314 e. The van der Waals surface area contributed by atoms with Crippen LogP contribution in [0, 0.1) is 17.8 Å². The Hall–Kier alpha value is -4.42. The highest BCUT2D eigenvalue weighted by Crippen LogP contribution is 2.52. The number of piperidine rings is 3. The van der Waals surface area contributed by atoms with Crippen LogP contribution in [0.25, 0.3) is 10.9 Å². The van der Waals surface area contributed by atoms with Gasteiger partial charge in [0.1, 0.15) is 11.5 Å². The summed E-state index contributed by atoms with van der Waals surface area (Å²) in [5, 5.41) is 39.0. The fourth-order valence-electron chi connectivity index (χ4n) is 9.69. The maximum atomic E-state index is 13.3. The number of aryl methyl sites for hydroxylation is 1. The van der Waals surface area contributed by atoms with Crippen molar-refractivity contribution in [2.45, 2.75) is 75.9 Å². The second-order valence-corrected chi connectivity index (χ2v) is 16.0. The first-order chi connectivity index (χ1) is 26.6. The van der Waals surface area contributed by atoms with Gasteiger partial charge in [-0.2, -0.15) is 0 Å². The van der Waals surface area contributed by atoms with Crippen LogP contribution in [0.3, 0.4) is 0 Å². The summed E-state index contributed by atoms with van der Waals surface area (Å²) in [7, 11) is 1.53. The van der Waals surface area contributed by atoms with Crippen LogP contribution in [0.4, 0.5) is 5.69 Å². The number of aliphatic hydroxyl groups excluding tert-OH is 1. The van der Waals surface area contributed by atoms with Gasteiger partial charge >= 0.3 is 5.97 Å². The normalized spacial score (nSPS) is 24.1. The molecule has 4 atom stereocenters. The van der Waals surface area contributed by atoms with Gasteiger partial charge in [-0.25, -0.2) is 0 Å². The lowest BCUT2D eigenvalue weighted by Crippen LogP contribution is -2.56. The number of carboxylic acid groups (broad SMARTS) is 1. The number of phenols is 1. The van der Waals surface area contributed by atoms with Crippen LogP contribution in [0.2, 0.25) is 5.02 Å². The number of pyridine rings is 1. The van der Waals surface area contributed by atoms with E-state index in [1.165, 1.54) is 32.1 Å². The molecule has 1 aliphatic carbocycles. The second-order valence-electron chi connectivity index (χ2n) is 15.6. The fourth-order valence-corrected chi connectivity index (χ4v) is 9.92. The first-order valence-corrected chi connectivity index (χ1v) is 19.9. The van der Waals surface area contributed by atoms with Gasteiger partial charge < -0.3 is 40.6 Å². The molecule has 292 valence electrons. The second kappa shape index (κ2) is 16.8. The van der Waals surface area contributed by atoms with E-state index in [-0.39, 0.29) is 41.6 Å². The minimum absolute atomic E-state index is 0.0780. The summed E-state index contributed by atoms with van der Waals surface area (Å²) in [5.74, 6) is 0.713. The molecule has 6 N–H and O–H groups in total. The smallest absolute Gasteiger partial charge is 0.314 e. The zero-order chi connectivity index (χ0) is 38.7. The number of nitrogens with one attached hydrogen (secondary N) is 3. The number of amides is 1. The van der Waals surface area contributed by atoms with Crippen molar-refractivity contribution >= 4 is 40.1 Å². The van der Waals surface area contributed by atoms with Gasteiger partial charge in [0.15, 0.2) is 0 Å². The molecule has 1 amide bonds. The Bertz CT molecular complexity index is 2100. The molecule has 0 radical (unpaired) electrons. The van der Waals surface area contributed by atoms with Crippen molar-refractivity contribution in [2.24, 2.45) is 17.8 Å². The van der Waals surface area contributed by atoms with Crippen molar-refractivity contribution in [1.82, 2.24) is 15.2 Å². The van der Waals surface area contributed by atoms with Crippen LogP contribution in [0.15, 0.2) is 65.5 Å². The first-order valence-electron chi connectivity index (χ1n) is 19.5. The van der Waals surface area contributed by atoms with E-state index in [9.17, 15) is 29.7 Å². The highest BCUT2D eigenvalue weighted by atomic mass is 35.5. The number of aliphatic carboxylic acids is 1. The zero-order valence-corrected chi connectivity index (χ0v) is 32.0. The number of benzene rings is 3. The number of aromatic amines is 1. The highest BCUT2D eigenvalue weighted by molar-refractivity contribution is 6.33. The third kappa shape index (κ3) is 8.12. The van der Waals surface area contributed by atoms with Gasteiger partial charge in [-0.05, 0) is 104 Å². The standard InChI is InChI=1S/C43H51ClN4O7/c1-55-38-22-35(34(44)21-28(38)23-45-24-37(50)30-11-13-36(49)41-31(30)12-14-40(52)47-41)46-39(51)10-5-7-26-6-4-8-29(20-26)43(42(53)54)17-3-2-9-33(43)32-25-48-18-15-27(32)16-19-48/h4,6,8,11-14,20-22,27,32-33,37,45,49-50H,2-3,5,7,9-10,15-19,23-25H2,1H3,(H,46,51)(H,47,52)(H,53,54)/t32?,33?,37-,43?/m0/s1. The molecule has 4 heterocycles. The van der Waals surface area contributed by atoms with Crippen LogP contribution in [0.5, 0.6) is 11.5 Å². The van der Waals surface area contributed by atoms with Crippen LogP contribution in [0.1, 0.15) is 79.7 Å². The van der Waals surface area contributed by atoms with Crippen LogP contribution >= 0.6 is 11.6 Å². The van der Waals surface area contributed by atoms with E-state index in [1.54, 1.807) is 24.3 Å². The van der Waals surface area contributed by atoms with Gasteiger partial charge in [-0.1, -0.05) is 54.8 Å². The van der Waals surface area contributed by atoms with Gasteiger partial charge in [0.25, 0.3) is 0 Å². The number of hydrogen-bond donors (Lipinski definition) is 6. The molecule has 3 unspecified atom stereocenters. The molecular weight excluding hydrogens is 720 g/mol. The van der Waals surface area contributed by atoms with E-state index < -0.39 is 17.5 Å². The number of phenolic OH excluding ortho intramolecular Hbond substituents is 1. The molecule has 2 bridgehead atoms. The molecule has 8 rings (SSSR count). The Morgan fingerprint density at radius 1 is 1.07 bits per heavy atom. The number of aliphatic hydroxyl groups is 1. The summed E-state index contributed by atoms with van der Waals surface area (Å²) in [4.78, 5) is 43.3. The Morgan fingerprint density at radius 2 is 1.89 bits per heavy atom. The molecule has 1 aromatic heterocycles. The number of halogens is 1. The molecule has 3 aromatic carbocycles. The van der Waals surface area contributed by atoms with Gasteiger partial charge in [0.05, 0.1) is 34.9 Å². The van der Waals surface area contributed by atoms with Crippen LogP contribution in [-0.4, -0.2) is 70.4 Å². The van der Waals surface area contributed by atoms with Crippen molar-refractivity contribution in [2.75, 3.05) is 38.6 Å². The molecule has 0 spiro atoms. The predicted molar refractivity (Wildman–Crippen MR) is 213 cm³/mol. The van der Waals surface area contributed by atoms with Crippen molar-refractivity contribution in [1.29, 1.82) is 0 Å². The van der Waals surface area contributed by atoms with Crippen molar-refractivity contribution in [3.05, 3.63) is 98.3 Å². The predicted octanol–water partition coefficient (Wildman–Crippen LogP) is 6.53. The van der Waals surface area contributed by atoms with E-state index in [1.807, 2.05) is 18.2 Å². The monoisotopic (exact) mass is 770 g/mol. The lowest BCUT2D eigenvalue weighted by molar-refractivity contribution is -0.151. The van der Waals surface area contributed by atoms with E-state index in [0.717, 1.165) is 55.6 Å². The zero-order valence-electron chi connectivity index (χ0n) is 31.3. The molecule has 3 aliphatic heterocycles. The Morgan fingerprint density at radius 3 is 2.64 bits per heavy atom. The number of H-pyrrole nitrogens is 1. The number of carbonyl (C=O) groups is 2. The summed E-state index contributed by atoms with van der Waals surface area (Å²) >= 11 is 6.63. The quantitative estimate of drug-likeness (QED) is 0.0837. The number of ether oxygens (including phenoxy) is 1. The number of methoxy groups -OCH3 is 1. The molecule has 55 heavy (non-hydrogen) atoms. The molecule has 4 fully saturated rings. The highest BCUT2D eigenvalue weighted by Gasteiger charge is 2.54. The molecular formula is C43H51ClN4O7. The average Bonchev–Trinajstić information content (AvgIpc) is 3.19. The number of carboxylic acids is 1. The van der Waals surface area contributed by atoms with E-state index in [0.29, 0.717) is 65.1 Å². The number of fused-ring (bicyclic) bond motifs is 4. The summed E-state index contributed by atoms with van der Waals surface area (Å²) in [6.07, 6.45) is 6.55. The Balaban J connectivity index is 0.952. The Labute approximate surface area is 326 Å². The molecule has 4 aromatic rings. The van der Waals surface area contributed by atoms with E-state index >= 15 is 0 Å². The number of rotatable bonds is 14. The number of aromatic nitrogens is 1. The maximum absolute atomic E-state index is 13.3. The van der Waals surface area contributed by atoms with Crippen molar-refractivity contribution < 1.29 is 29.6 Å². The number of hydrogen-bond acceptors (Lipinski definition) is 8. The van der Waals surface area contributed by atoms with Crippen LogP contribution in [-0.2, 0) is 28.0 Å². The van der Waals surface area contributed by atoms with Crippen molar-refractivity contribution in [3.8, 4) is 11.5 Å². The number of anilines is 1. The minimum Gasteiger partial charge on any atom is -0.506 e. The molecule has 3 saturated heterocycles. The van der Waals surface area contributed by atoms with Crippen molar-refractivity contribution in [3.63, 3.8) is 0 Å². The SMILES string of the molecule is COc1cc(NC(=O)CCCc2cccc(C3(C(=O)O)CCCCC3C3CN4CCC3CC4)c2)c(Cl)cc1CNC[C@H](O)c1ccc(O)c2[nH]c(=O)ccc12. The average molecular weight is 771 g/mol. The Kier molecular flexibility index (Phi) is 11.8. The van der Waals surface area contributed by atoms with Crippen LogP contribution < -0.4 is 20.9 Å². The first kappa shape index (κ1) is 38.8. The summed E-state index contributed by atoms with van der Waals surface area (Å²) in [6.45, 7) is 3.77. The number of carbonyl (C=O) groups excluding carboxylic acids is 1. The number of nitrogens with zero attached hydrogens (tertiary/aromatic N) is 1. The third-order valence-electron chi connectivity index (χ3n) is 12.4. The van der Waals surface area contributed by atoms with Gasteiger partial charge in [0, 0.05) is 49.1 Å². The molecule has 1 saturated carbocycles. The molecule has 11 nitrogen and oxygen atoms in total. The topological polar surface area (TPSA) is 164 Å². The van der Waals surface area contributed by atoms with Gasteiger partial charge in [-0.15, -0.1) is 0 Å². The lowest BCUT2D eigenvalue weighted by Gasteiger charge is -2.53. The summed E-state index contributed by atoms with van der Waals surface area (Å²) in [6, 6.07) is 17.5. The summed E-state index contributed by atoms with van der Waals surface area (Å²) < 4.78 is 5.61. The van der Waals surface area contributed by atoms with Gasteiger partial charge in [0.2, 0.25) is 11.5 Å². The molecule has 4 aliphatic rings. The lowest BCUT2D eigenvalue weighted by atomic mass is 9.55. The minimum atomic E-state index is -0.936. The van der Waals surface area contributed by atoms with E-state index in [2.05, 4.69) is 26.6 Å². The largest absolute Gasteiger partial charge is 0.506 e.